The Hall–Kier alpha value is -2.63. The molecule has 0 aliphatic heterocycles. The molecule has 3 aromatic rings. The highest BCUT2D eigenvalue weighted by molar-refractivity contribution is 5.78. The van der Waals surface area contributed by atoms with Crippen molar-refractivity contribution in [1.82, 2.24) is 14.8 Å². The molecular formula is C17H20FN5. The van der Waals surface area contributed by atoms with Gasteiger partial charge in [0, 0.05) is 30.9 Å². The van der Waals surface area contributed by atoms with Crippen LogP contribution in [-0.4, -0.2) is 28.4 Å². The summed E-state index contributed by atoms with van der Waals surface area (Å²) in [5, 5.41) is 11.6. The second-order valence-corrected chi connectivity index (χ2v) is 5.90. The molecular weight excluding hydrogens is 293 g/mol. The van der Waals surface area contributed by atoms with E-state index in [1.54, 1.807) is 31.6 Å². The van der Waals surface area contributed by atoms with Crippen LogP contribution in [0.2, 0.25) is 0 Å². The number of nitrogens with one attached hydrogen (secondary N) is 2. The lowest BCUT2D eigenvalue weighted by Crippen LogP contribution is -2.07. The molecule has 0 bridgehead atoms. The normalized spacial score (nSPS) is 11.2. The van der Waals surface area contributed by atoms with Crippen LogP contribution in [0.15, 0.2) is 36.7 Å². The van der Waals surface area contributed by atoms with Crippen LogP contribution in [0.5, 0.6) is 0 Å². The Morgan fingerprint density at radius 1 is 1.22 bits per heavy atom. The summed E-state index contributed by atoms with van der Waals surface area (Å²) in [6.07, 6.45) is 3.54. The van der Waals surface area contributed by atoms with Crippen molar-refractivity contribution in [3.05, 3.63) is 42.5 Å². The van der Waals surface area contributed by atoms with Crippen LogP contribution in [0.25, 0.3) is 16.7 Å². The minimum absolute atomic E-state index is 0.324. The van der Waals surface area contributed by atoms with Crippen molar-refractivity contribution in [2.45, 2.75) is 13.8 Å². The molecule has 5 nitrogen and oxygen atoms in total. The average molecular weight is 313 g/mol. The Labute approximate surface area is 134 Å². The van der Waals surface area contributed by atoms with E-state index < -0.39 is 0 Å². The number of hydrogen-bond donors (Lipinski definition) is 2. The van der Waals surface area contributed by atoms with Gasteiger partial charge in [-0.05, 0) is 30.2 Å². The van der Waals surface area contributed by atoms with Crippen LogP contribution in [0.4, 0.5) is 15.8 Å². The fourth-order valence-electron chi connectivity index (χ4n) is 2.30. The van der Waals surface area contributed by atoms with Crippen molar-refractivity contribution >= 4 is 22.4 Å². The molecule has 0 aliphatic rings. The SMILES string of the molecule is CNc1ccc(F)c(-n2cc3cc(NCC(C)C)cnc3n2)c1. The minimum atomic E-state index is -0.324. The van der Waals surface area contributed by atoms with Gasteiger partial charge >= 0.3 is 0 Å². The van der Waals surface area contributed by atoms with Crippen molar-refractivity contribution in [2.75, 3.05) is 24.2 Å². The third-order valence-corrected chi connectivity index (χ3v) is 3.56. The summed E-state index contributed by atoms with van der Waals surface area (Å²) in [6.45, 7) is 5.17. The number of fused-ring (bicyclic) bond motifs is 1. The highest BCUT2D eigenvalue weighted by Gasteiger charge is 2.10. The number of anilines is 2. The van der Waals surface area contributed by atoms with Crippen molar-refractivity contribution in [2.24, 2.45) is 5.92 Å². The Kier molecular flexibility index (Phi) is 4.14. The molecule has 3 rings (SSSR count). The fourth-order valence-corrected chi connectivity index (χ4v) is 2.30. The lowest BCUT2D eigenvalue weighted by Gasteiger charge is -2.07. The van der Waals surface area contributed by atoms with Crippen LogP contribution in [0.3, 0.4) is 0 Å². The zero-order chi connectivity index (χ0) is 16.4. The number of benzene rings is 1. The number of hydrogen-bond acceptors (Lipinski definition) is 4. The van der Waals surface area contributed by atoms with E-state index in [4.69, 9.17) is 0 Å². The molecule has 23 heavy (non-hydrogen) atoms. The van der Waals surface area contributed by atoms with Gasteiger partial charge in [0.15, 0.2) is 5.65 Å². The summed E-state index contributed by atoms with van der Waals surface area (Å²) in [5.41, 5.74) is 2.75. The lowest BCUT2D eigenvalue weighted by molar-refractivity contribution is 0.611. The summed E-state index contributed by atoms with van der Waals surface area (Å²) in [5.74, 6) is 0.224. The molecule has 0 fully saturated rings. The van der Waals surface area contributed by atoms with Gasteiger partial charge < -0.3 is 10.6 Å². The van der Waals surface area contributed by atoms with E-state index >= 15 is 0 Å². The molecule has 120 valence electrons. The second kappa shape index (κ2) is 6.24. The molecule has 0 radical (unpaired) electrons. The maximum absolute atomic E-state index is 14.1. The topological polar surface area (TPSA) is 54.8 Å². The highest BCUT2D eigenvalue weighted by atomic mass is 19.1. The zero-order valence-corrected chi connectivity index (χ0v) is 13.5. The largest absolute Gasteiger partial charge is 0.388 e. The first-order valence-electron chi connectivity index (χ1n) is 7.64. The first kappa shape index (κ1) is 15.3. The van der Waals surface area contributed by atoms with Crippen LogP contribution in [-0.2, 0) is 0 Å². The third kappa shape index (κ3) is 3.26. The maximum atomic E-state index is 14.1. The maximum Gasteiger partial charge on any atom is 0.181 e. The molecule has 0 aliphatic carbocycles. The van der Waals surface area contributed by atoms with Gasteiger partial charge in [-0.2, -0.15) is 0 Å². The predicted octanol–water partition coefficient (Wildman–Crippen LogP) is 3.67. The molecule has 6 heteroatoms. The highest BCUT2D eigenvalue weighted by Crippen LogP contribution is 2.22. The van der Waals surface area contributed by atoms with Gasteiger partial charge in [0.1, 0.15) is 11.5 Å². The lowest BCUT2D eigenvalue weighted by atomic mass is 10.2. The van der Waals surface area contributed by atoms with E-state index in [1.807, 2.05) is 6.07 Å². The van der Waals surface area contributed by atoms with Gasteiger partial charge in [0.25, 0.3) is 0 Å². The molecule has 2 heterocycles. The minimum Gasteiger partial charge on any atom is -0.388 e. The Morgan fingerprint density at radius 2 is 2.04 bits per heavy atom. The van der Waals surface area contributed by atoms with Crippen LogP contribution in [0, 0.1) is 11.7 Å². The predicted molar refractivity (Wildman–Crippen MR) is 91.7 cm³/mol. The molecule has 2 N–H and O–H groups in total. The van der Waals surface area contributed by atoms with E-state index in [0.29, 0.717) is 17.3 Å². The van der Waals surface area contributed by atoms with Crippen LogP contribution < -0.4 is 10.6 Å². The molecule has 0 saturated heterocycles. The molecule has 0 saturated carbocycles. The van der Waals surface area contributed by atoms with Crippen LogP contribution >= 0.6 is 0 Å². The summed E-state index contributed by atoms with van der Waals surface area (Å²) in [4.78, 5) is 4.35. The molecule has 2 aromatic heterocycles. The van der Waals surface area contributed by atoms with E-state index in [2.05, 4.69) is 34.6 Å². The van der Waals surface area contributed by atoms with Gasteiger partial charge in [0.2, 0.25) is 0 Å². The zero-order valence-electron chi connectivity index (χ0n) is 13.5. The number of halogens is 1. The smallest absolute Gasteiger partial charge is 0.181 e. The number of pyridine rings is 1. The van der Waals surface area contributed by atoms with Crippen LogP contribution in [0.1, 0.15) is 13.8 Å². The number of nitrogens with zero attached hydrogens (tertiary/aromatic N) is 3. The molecule has 0 atom stereocenters. The quantitative estimate of drug-likeness (QED) is 0.754. The Balaban J connectivity index is 1.97. The number of rotatable bonds is 5. The Bertz CT molecular complexity index is 825. The molecule has 1 aromatic carbocycles. The van der Waals surface area contributed by atoms with Gasteiger partial charge in [-0.3, -0.25) is 0 Å². The number of aromatic nitrogens is 3. The van der Waals surface area contributed by atoms with E-state index in [9.17, 15) is 4.39 Å². The van der Waals surface area contributed by atoms with Gasteiger partial charge in [0.05, 0.1) is 11.9 Å². The summed E-state index contributed by atoms with van der Waals surface area (Å²) in [6, 6.07) is 6.82. The molecule has 0 amide bonds. The summed E-state index contributed by atoms with van der Waals surface area (Å²) >= 11 is 0. The van der Waals surface area contributed by atoms with E-state index in [-0.39, 0.29) is 5.82 Å². The fraction of sp³-hybridized carbons (Fsp3) is 0.294. The first-order chi connectivity index (χ1) is 11.1. The van der Waals surface area contributed by atoms with Gasteiger partial charge in [-0.1, -0.05) is 13.8 Å². The average Bonchev–Trinajstić information content (AvgIpc) is 2.96. The van der Waals surface area contributed by atoms with Crippen molar-refractivity contribution < 1.29 is 4.39 Å². The van der Waals surface area contributed by atoms with E-state index in [0.717, 1.165) is 23.3 Å². The molecule has 0 spiro atoms. The van der Waals surface area contributed by atoms with Crippen molar-refractivity contribution in [3.63, 3.8) is 0 Å². The Morgan fingerprint density at radius 3 is 2.78 bits per heavy atom. The summed E-state index contributed by atoms with van der Waals surface area (Å²) < 4.78 is 15.6. The second-order valence-electron chi connectivity index (χ2n) is 5.90. The van der Waals surface area contributed by atoms with Gasteiger partial charge in [-0.25, -0.2) is 14.1 Å². The van der Waals surface area contributed by atoms with Crippen molar-refractivity contribution in [1.29, 1.82) is 0 Å². The van der Waals surface area contributed by atoms with E-state index in [1.165, 1.54) is 10.7 Å². The van der Waals surface area contributed by atoms with Gasteiger partial charge in [-0.15, -0.1) is 5.10 Å². The summed E-state index contributed by atoms with van der Waals surface area (Å²) in [7, 11) is 1.80. The standard InChI is InChI=1S/C17H20FN5/c1-11(2)8-20-14-6-12-10-23(22-17(12)21-9-14)16-7-13(19-3)4-5-15(16)18/h4-7,9-11,19-20H,8H2,1-3H3. The molecule has 0 unspecified atom stereocenters. The first-order valence-corrected chi connectivity index (χ1v) is 7.64. The monoisotopic (exact) mass is 313 g/mol. The van der Waals surface area contributed by atoms with Crippen molar-refractivity contribution in [3.8, 4) is 5.69 Å². The third-order valence-electron chi connectivity index (χ3n) is 3.56.